The minimum absolute atomic E-state index is 0.0302. The van der Waals surface area contributed by atoms with E-state index in [9.17, 15) is 21.2 Å². The van der Waals surface area contributed by atoms with Crippen molar-refractivity contribution in [1.29, 1.82) is 0 Å². The second kappa shape index (κ2) is 9.16. The van der Waals surface area contributed by atoms with Crippen LogP contribution in [0.15, 0.2) is 64.6 Å². The standard InChI is InChI=1S/C19H21FN6O4S2/c1-12-3-6-15(9-17(12)32(21,29)30)25-19-23-10-16(20)18(26-19)24-14-7-4-13(5-8-14)11-31(27,28)22-2/h3-11,14,22H,1-2H3,(H2,21,29,30)(H2,23,24,25,26). The second-order valence-electron chi connectivity index (χ2n) is 6.80. The van der Waals surface area contributed by atoms with Gasteiger partial charge in [-0.25, -0.2) is 36.1 Å². The molecule has 0 saturated carbocycles. The fourth-order valence-corrected chi connectivity index (χ4v) is 4.20. The third-order valence-corrected chi connectivity index (χ3v) is 6.57. The van der Waals surface area contributed by atoms with Crippen LogP contribution in [0.3, 0.4) is 0 Å². The number of rotatable bonds is 7. The molecule has 0 spiro atoms. The van der Waals surface area contributed by atoms with E-state index in [1.165, 1.54) is 13.1 Å². The summed E-state index contributed by atoms with van der Waals surface area (Å²) in [5.41, 5.74) is 1.29. The van der Waals surface area contributed by atoms with Crippen LogP contribution in [-0.2, 0) is 20.0 Å². The number of nitrogens with two attached hydrogens (primary N) is 1. The Labute approximate surface area is 185 Å². The quantitative estimate of drug-likeness (QED) is 0.466. The average Bonchev–Trinajstić information content (AvgIpc) is 2.72. The van der Waals surface area contributed by atoms with Crippen LogP contribution in [0, 0.1) is 12.7 Å². The molecule has 5 N–H and O–H groups in total. The van der Waals surface area contributed by atoms with Gasteiger partial charge >= 0.3 is 0 Å². The smallest absolute Gasteiger partial charge is 0.238 e. The van der Waals surface area contributed by atoms with E-state index in [1.807, 2.05) is 0 Å². The zero-order chi connectivity index (χ0) is 23.5. The van der Waals surface area contributed by atoms with Crippen molar-refractivity contribution in [2.75, 3.05) is 17.7 Å². The number of primary sulfonamides is 1. The van der Waals surface area contributed by atoms with Crippen molar-refractivity contribution >= 4 is 37.5 Å². The summed E-state index contributed by atoms with van der Waals surface area (Å²) < 4.78 is 63.0. The van der Waals surface area contributed by atoms with Crippen molar-refractivity contribution in [3.63, 3.8) is 0 Å². The summed E-state index contributed by atoms with van der Waals surface area (Å²) in [6.45, 7) is 1.61. The van der Waals surface area contributed by atoms with Crippen LogP contribution in [0.1, 0.15) is 5.56 Å². The monoisotopic (exact) mass is 480 g/mol. The summed E-state index contributed by atoms with van der Waals surface area (Å²) in [5, 5.41) is 12.0. The molecule has 13 heteroatoms. The number of nitrogens with zero attached hydrogens (tertiary/aromatic N) is 2. The molecule has 0 radical (unpaired) electrons. The van der Waals surface area contributed by atoms with Crippen molar-refractivity contribution in [3.05, 3.63) is 71.1 Å². The van der Waals surface area contributed by atoms with Gasteiger partial charge in [-0.1, -0.05) is 30.4 Å². The Kier molecular flexibility index (Phi) is 6.74. The van der Waals surface area contributed by atoms with Crippen molar-refractivity contribution in [2.24, 2.45) is 5.14 Å². The van der Waals surface area contributed by atoms with Crippen molar-refractivity contribution in [3.8, 4) is 0 Å². The molecule has 0 atom stereocenters. The molecule has 32 heavy (non-hydrogen) atoms. The van der Waals surface area contributed by atoms with Gasteiger partial charge < -0.3 is 10.6 Å². The Morgan fingerprint density at radius 2 is 1.84 bits per heavy atom. The molecular formula is C19H21FN6O4S2. The average molecular weight is 481 g/mol. The van der Waals surface area contributed by atoms with E-state index >= 15 is 0 Å². The molecule has 0 amide bonds. The van der Waals surface area contributed by atoms with Gasteiger partial charge in [-0.3, -0.25) is 0 Å². The fraction of sp³-hybridized carbons (Fsp3) is 0.158. The van der Waals surface area contributed by atoms with Gasteiger partial charge in [0.2, 0.25) is 26.0 Å². The van der Waals surface area contributed by atoms with Crippen molar-refractivity contribution in [2.45, 2.75) is 17.9 Å². The molecule has 1 aliphatic carbocycles. The topological polar surface area (TPSA) is 156 Å². The van der Waals surface area contributed by atoms with Crippen LogP contribution >= 0.6 is 0 Å². The molecule has 3 rings (SSSR count). The lowest BCUT2D eigenvalue weighted by atomic mass is 10.1. The summed E-state index contributed by atoms with van der Waals surface area (Å²) in [6, 6.07) is 4.07. The summed E-state index contributed by atoms with van der Waals surface area (Å²) in [4.78, 5) is 7.91. The Bertz CT molecular complexity index is 1320. The van der Waals surface area contributed by atoms with E-state index in [1.54, 1.807) is 43.4 Å². The van der Waals surface area contributed by atoms with Crippen LogP contribution in [0.25, 0.3) is 0 Å². The number of sulfonamides is 2. The highest BCUT2D eigenvalue weighted by molar-refractivity contribution is 7.92. The number of hydrogen-bond donors (Lipinski definition) is 4. The lowest BCUT2D eigenvalue weighted by Gasteiger charge is -2.16. The Hall–Kier alpha value is -3.13. The summed E-state index contributed by atoms with van der Waals surface area (Å²) in [5.74, 6) is -0.774. The van der Waals surface area contributed by atoms with Gasteiger partial charge in [0.25, 0.3) is 0 Å². The van der Waals surface area contributed by atoms with Gasteiger partial charge in [-0.2, -0.15) is 4.98 Å². The number of anilines is 3. The molecule has 170 valence electrons. The zero-order valence-corrected chi connectivity index (χ0v) is 18.7. The molecule has 1 aliphatic rings. The SMILES string of the molecule is CNS(=O)(=O)C=C1C=CC(Nc2nc(Nc3ccc(C)c(S(N)(=O)=O)c3)ncc2F)C=C1. The second-order valence-corrected chi connectivity index (χ2v) is 10.1. The molecule has 0 aliphatic heterocycles. The van der Waals surface area contributed by atoms with E-state index in [4.69, 9.17) is 5.14 Å². The first-order valence-corrected chi connectivity index (χ1v) is 12.3. The third kappa shape index (κ3) is 5.97. The normalized spacial score (nSPS) is 16.1. The number of halogens is 1. The predicted molar refractivity (Wildman–Crippen MR) is 120 cm³/mol. The maximum Gasteiger partial charge on any atom is 0.238 e. The van der Waals surface area contributed by atoms with Gasteiger partial charge in [0.15, 0.2) is 11.6 Å². The fourth-order valence-electron chi connectivity index (χ4n) is 2.76. The number of allylic oxidation sites excluding steroid dienone is 3. The number of hydrogen-bond acceptors (Lipinski definition) is 8. The summed E-state index contributed by atoms with van der Waals surface area (Å²) in [7, 11) is -6.13. The van der Waals surface area contributed by atoms with Crippen LogP contribution in [-0.4, -0.2) is 39.9 Å². The minimum atomic E-state index is -3.91. The van der Waals surface area contributed by atoms with Crippen molar-refractivity contribution in [1.82, 2.24) is 14.7 Å². The lowest BCUT2D eigenvalue weighted by molar-refractivity contribution is 0.595. The highest BCUT2D eigenvalue weighted by atomic mass is 32.2. The first kappa shape index (κ1) is 23.5. The first-order chi connectivity index (χ1) is 15.0. The highest BCUT2D eigenvalue weighted by Gasteiger charge is 2.15. The Morgan fingerprint density at radius 3 is 2.47 bits per heavy atom. The molecule has 1 aromatic heterocycles. The van der Waals surface area contributed by atoms with Crippen LogP contribution < -0.4 is 20.5 Å². The molecule has 0 unspecified atom stereocenters. The summed E-state index contributed by atoms with van der Waals surface area (Å²) in [6.07, 6.45) is 7.40. The van der Waals surface area contributed by atoms with E-state index in [2.05, 4.69) is 25.3 Å². The van der Waals surface area contributed by atoms with Crippen LogP contribution in [0.5, 0.6) is 0 Å². The van der Waals surface area contributed by atoms with Gasteiger partial charge in [-0.05, 0) is 37.2 Å². The number of aryl methyl sites for hydroxylation is 1. The van der Waals surface area contributed by atoms with E-state index in [0.717, 1.165) is 11.6 Å². The maximum atomic E-state index is 14.2. The predicted octanol–water partition coefficient (Wildman–Crippen LogP) is 1.65. The van der Waals surface area contributed by atoms with Crippen molar-refractivity contribution < 1.29 is 21.2 Å². The molecule has 1 aromatic carbocycles. The molecule has 1 heterocycles. The summed E-state index contributed by atoms with van der Waals surface area (Å²) >= 11 is 0. The maximum absolute atomic E-state index is 14.2. The number of benzene rings is 1. The minimum Gasteiger partial charge on any atom is -0.358 e. The van der Waals surface area contributed by atoms with Crippen LogP contribution in [0.2, 0.25) is 0 Å². The van der Waals surface area contributed by atoms with E-state index in [-0.39, 0.29) is 16.7 Å². The third-order valence-electron chi connectivity index (χ3n) is 4.37. The van der Waals surface area contributed by atoms with Gasteiger partial charge in [0.1, 0.15) is 0 Å². The van der Waals surface area contributed by atoms with Gasteiger partial charge in [0.05, 0.1) is 22.5 Å². The molecule has 10 nitrogen and oxygen atoms in total. The molecule has 0 fully saturated rings. The largest absolute Gasteiger partial charge is 0.358 e. The number of nitrogens with one attached hydrogen (secondary N) is 3. The van der Waals surface area contributed by atoms with E-state index < -0.39 is 31.9 Å². The molecular weight excluding hydrogens is 459 g/mol. The number of aromatic nitrogens is 2. The zero-order valence-electron chi connectivity index (χ0n) is 17.1. The molecule has 0 saturated heterocycles. The Morgan fingerprint density at radius 1 is 1.16 bits per heavy atom. The Balaban J connectivity index is 1.77. The van der Waals surface area contributed by atoms with Gasteiger partial charge in [0, 0.05) is 5.69 Å². The lowest BCUT2D eigenvalue weighted by Crippen LogP contribution is -2.19. The van der Waals surface area contributed by atoms with E-state index in [0.29, 0.717) is 16.8 Å². The molecule has 0 bridgehead atoms. The van der Waals surface area contributed by atoms with Gasteiger partial charge in [-0.15, -0.1) is 0 Å². The highest BCUT2D eigenvalue weighted by Crippen LogP contribution is 2.23. The molecule has 2 aromatic rings. The first-order valence-electron chi connectivity index (χ1n) is 9.18. The van der Waals surface area contributed by atoms with Crippen LogP contribution in [0.4, 0.5) is 21.8 Å².